The maximum Gasteiger partial charge on any atom is 0.322 e. The smallest absolute Gasteiger partial charge is 0.322 e. The number of esters is 2. The van der Waals surface area contributed by atoms with Gasteiger partial charge in [0.1, 0.15) is 6.54 Å². The van der Waals surface area contributed by atoms with Gasteiger partial charge in [-0.3, -0.25) is 9.59 Å². The number of rotatable bonds is 6. The molecule has 0 fully saturated rings. The third-order valence-corrected chi connectivity index (χ3v) is 3.34. The van der Waals surface area contributed by atoms with Crippen LogP contribution >= 0.6 is 0 Å². The van der Waals surface area contributed by atoms with Crippen molar-refractivity contribution in [2.24, 2.45) is 0 Å². The van der Waals surface area contributed by atoms with Crippen molar-refractivity contribution in [1.82, 2.24) is 4.31 Å². The van der Waals surface area contributed by atoms with E-state index in [2.05, 4.69) is 9.47 Å². The van der Waals surface area contributed by atoms with Crippen LogP contribution < -0.4 is 0 Å². The number of nitrogens with zero attached hydrogens (tertiary/aromatic N) is 1. The molecule has 0 aromatic heterocycles. The molecular formula is C8H15NO6S. The molecule has 0 saturated heterocycles. The van der Waals surface area contributed by atoms with E-state index in [1.165, 1.54) is 7.05 Å². The Balaban J connectivity index is 4.43. The van der Waals surface area contributed by atoms with E-state index >= 15 is 0 Å². The maximum atomic E-state index is 11.5. The molecule has 0 saturated carbocycles. The average molecular weight is 253 g/mol. The SMILES string of the molecule is CCOC(=O)CS(=O)(=O)N(C)CC(=O)OC. The van der Waals surface area contributed by atoms with Crippen molar-refractivity contribution in [3.8, 4) is 0 Å². The minimum absolute atomic E-state index is 0.106. The summed E-state index contributed by atoms with van der Waals surface area (Å²) in [6, 6.07) is 0. The van der Waals surface area contributed by atoms with Gasteiger partial charge in [-0.15, -0.1) is 0 Å². The Labute approximate surface area is 94.4 Å². The molecule has 0 atom stereocenters. The molecule has 0 unspecified atom stereocenters. The van der Waals surface area contributed by atoms with Gasteiger partial charge in [0.05, 0.1) is 13.7 Å². The van der Waals surface area contributed by atoms with E-state index in [-0.39, 0.29) is 6.61 Å². The number of hydrogen-bond acceptors (Lipinski definition) is 6. The maximum absolute atomic E-state index is 11.5. The zero-order valence-electron chi connectivity index (χ0n) is 9.43. The molecule has 0 aliphatic rings. The molecule has 0 aliphatic heterocycles. The zero-order chi connectivity index (χ0) is 12.8. The van der Waals surface area contributed by atoms with Gasteiger partial charge in [-0.1, -0.05) is 0 Å². The summed E-state index contributed by atoms with van der Waals surface area (Å²) in [7, 11) is -1.50. The van der Waals surface area contributed by atoms with Crippen LogP contribution in [0, 0.1) is 0 Å². The molecule has 0 aromatic rings. The molecule has 0 spiro atoms. The molecule has 0 aliphatic carbocycles. The van der Waals surface area contributed by atoms with Crippen molar-refractivity contribution in [2.75, 3.05) is 33.1 Å². The molecule has 0 aromatic carbocycles. The van der Waals surface area contributed by atoms with Gasteiger partial charge >= 0.3 is 11.9 Å². The van der Waals surface area contributed by atoms with Gasteiger partial charge in [0, 0.05) is 7.05 Å². The Morgan fingerprint density at radius 1 is 1.25 bits per heavy atom. The predicted molar refractivity (Wildman–Crippen MR) is 55.1 cm³/mol. The monoisotopic (exact) mass is 253 g/mol. The lowest BCUT2D eigenvalue weighted by atomic mass is 10.7. The Morgan fingerprint density at radius 2 is 1.81 bits per heavy atom. The molecule has 94 valence electrons. The van der Waals surface area contributed by atoms with Gasteiger partial charge < -0.3 is 9.47 Å². The fraction of sp³-hybridized carbons (Fsp3) is 0.750. The van der Waals surface area contributed by atoms with E-state index in [4.69, 9.17) is 0 Å². The molecule has 0 rings (SSSR count). The topological polar surface area (TPSA) is 90.0 Å². The van der Waals surface area contributed by atoms with Crippen LogP contribution in [0.4, 0.5) is 0 Å². The van der Waals surface area contributed by atoms with E-state index < -0.39 is 34.3 Å². The lowest BCUT2D eigenvalue weighted by molar-refractivity contribution is -0.141. The first-order valence-corrected chi connectivity index (χ1v) is 6.10. The lowest BCUT2D eigenvalue weighted by Crippen LogP contribution is -2.36. The summed E-state index contributed by atoms with van der Waals surface area (Å²) in [6.45, 7) is 1.25. The van der Waals surface area contributed by atoms with Crippen molar-refractivity contribution in [3.05, 3.63) is 0 Å². The molecule has 16 heavy (non-hydrogen) atoms. The predicted octanol–water partition coefficient (Wildman–Crippen LogP) is -1.02. The van der Waals surface area contributed by atoms with Crippen LogP contribution in [0.5, 0.6) is 0 Å². The van der Waals surface area contributed by atoms with Crippen molar-refractivity contribution < 1.29 is 27.5 Å². The minimum Gasteiger partial charge on any atom is -0.468 e. The first kappa shape index (κ1) is 14.8. The third-order valence-electron chi connectivity index (χ3n) is 1.66. The standard InChI is InChI=1S/C8H15NO6S/c1-4-15-8(11)6-16(12,13)9(2)5-7(10)14-3/h4-6H2,1-3H3. The van der Waals surface area contributed by atoms with Crippen LogP contribution in [-0.2, 0) is 29.1 Å². The fourth-order valence-corrected chi connectivity index (χ4v) is 1.71. The Kier molecular flexibility index (Phi) is 5.97. The summed E-state index contributed by atoms with van der Waals surface area (Å²) in [5, 5.41) is 0. The lowest BCUT2D eigenvalue weighted by Gasteiger charge is -2.14. The van der Waals surface area contributed by atoms with Crippen LogP contribution in [0.15, 0.2) is 0 Å². The molecule has 7 nitrogen and oxygen atoms in total. The van der Waals surface area contributed by atoms with Crippen LogP contribution in [0.1, 0.15) is 6.92 Å². The number of likely N-dealkylation sites (N-methyl/N-ethyl adjacent to an activating group) is 1. The Hall–Kier alpha value is -1.15. The summed E-state index contributed by atoms with van der Waals surface area (Å²) in [5.41, 5.74) is 0. The summed E-state index contributed by atoms with van der Waals surface area (Å²) >= 11 is 0. The fourth-order valence-electron chi connectivity index (χ4n) is 0.806. The Morgan fingerprint density at radius 3 is 2.25 bits per heavy atom. The van der Waals surface area contributed by atoms with Crippen molar-refractivity contribution in [3.63, 3.8) is 0 Å². The highest BCUT2D eigenvalue weighted by molar-refractivity contribution is 7.89. The van der Waals surface area contributed by atoms with E-state index in [9.17, 15) is 18.0 Å². The second-order valence-electron chi connectivity index (χ2n) is 2.89. The quantitative estimate of drug-likeness (QED) is 0.563. The second-order valence-corrected chi connectivity index (χ2v) is 4.97. The number of methoxy groups -OCH3 is 1. The van der Waals surface area contributed by atoms with E-state index in [0.29, 0.717) is 0 Å². The molecule has 8 heteroatoms. The van der Waals surface area contributed by atoms with E-state index in [0.717, 1.165) is 11.4 Å². The summed E-state index contributed by atoms with van der Waals surface area (Å²) in [6.07, 6.45) is 0. The molecule has 0 amide bonds. The van der Waals surface area contributed by atoms with Gasteiger partial charge in [0.25, 0.3) is 0 Å². The molecule has 0 N–H and O–H groups in total. The van der Waals surface area contributed by atoms with Crippen molar-refractivity contribution in [1.29, 1.82) is 0 Å². The van der Waals surface area contributed by atoms with Gasteiger partial charge in [-0.2, -0.15) is 4.31 Å². The van der Waals surface area contributed by atoms with E-state index in [1.807, 2.05) is 0 Å². The molecular weight excluding hydrogens is 238 g/mol. The average Bonchev–Trinajstić information content (AvgIpc) is 2.16. The van der Waals surface area contributed by atoms with Crippen molar-refractivity contribution in [2.45, 2.75) is 6.92 Å². The van der Waals surface area contributed by atoms with Crippen molar-refractivity contribution >= 4 is 22.0 Å². The highest BCUT2D eigenvalue weighted by Gasteiger charge is 2.24. The number of ether oxygens (including phenoxy) is 2. The normalized spacial score (nSPS) is 11.2. The number of carbonyl (C=O) groups is 2. The highest BCUT2D eigenvalue weighted by Crippen LogP contribution is 1.99. The van der Waals surface area contributed by atoms with Gasteiger partial charge in [-0.25, -0.2) is 8.42 Å². The highest BCUT2D eigenvalue weighted by atomic mass is 32.2. The number of carbonyl (C=O) groups excluding carboxylic acids is 2. The summed E-state index contributed by atoms with van der Waals surface area (Å²) in [4.78, 5) is 21.8. The summed E-state index contributed by atoms with van der Waals surface area (Å²) in [5.74, 6) is -2.33. The minimum atomic E-state index is -3.83. The largest absolute Gasteiger partial charge is 0.468 e. The zero-order valence-corrected chi connectivity index (χ0v) is 10.2. The molecule has 0 heterocycles. The molecule has 0 radical (unpaired) electrons. The Bertz CT molecular complexity index is 350. The third kappa shape index (κ3) is 5.08. The first-order valence-electron chi connectivity index (χ1n) is 4.50. The second kappa shape index (κ2) is 6.44. The van der Waals surface area contributed by atoms with Crippen LogP contribution in [0.25, 0.3) is 0 Å². The summed E-state index contributed by atoms with van der Waals surface area (Å²) < 4.78 is 32.5. The van der Waals surface area contributed by atoms with E-state index in [1.54, 1.807) is 6.92 Å². The number of sulfonamides is 1. The molecule has 0 bridgehead atoms. The van der Waals surface area contributed by atoms with Crippen LogP contribution in [-0.4, -0.2) is 57.7 Å². The number of hydrogen-bond donors (Lipinski definition) is 0. The van der Waals surface area contributed by atoms with Gasteiger partial charge in [-0.05, 0) is 6.92 Å². The van der Waals surface area contributed by atoms with Gasteiger partial charge in [0.2, 0.25) is 10.0 Å². The first-order chi connectivity index (χ1) is 7.33. The van der Waals surface area contributed by atoms with Gasteiger partial charge in [0.15, 0.2) is 5.75 Å². The van der Waals surface area contributed by atoms with Crippen LogP contribution in [0.2, 0.25) is 0 Å². The van der Waals surface area contributed by atoms with Crippen LogP contribution in [0.3, 0.4) is 0 Å².